The lowest BCUT2D eigenvalue weighted by Gasteiger charge is -2.22. The molecule has 2 nitrogen and oxygen atoms in total. The molecule has 0 bridgehead atoms. The summed E-state index contributed by atoms with van der Waals surface area (Å²) in [5.41, 5.74) is 1.44. The molecule has 0 spiro atoms. The Balaban J connectivity index is 2.06. The van der Waals surface area contributed by atoms with Gasteiger partial charge in [0, 0.05) is 23.6 Å². The van der Waals surface area contributed by atoms with Crippen LogP contribution in [0, 0.1) is 17.7 Å². The zero-order valence-corrected chi connectivity index (χ0v) is 13.5. The lowest BCUT2D eigenvalue weighted by atomic mass is 10.1. The molecule has 1 saturated heterocycles. The Bertz CT molecular complexity index is 547. The number of hydrogen-bond acceptors (Lipinski definition) is 3. The van der Waals surface area contributed by atoms with E-state index < -0.39 is 0 Å². The van der Waals surface area contributed by atoms with Gasteiger partial charge in [-0.05, 0) is 30.7 Å². The van der Waals surface area contributed by atoms with Crippen LogP contribution in [-0.4, -0.2) is 40.2 Å². The maximum Gasteiger partial charge on any atom is 0.138 e. The van der Waals surface area contributed by atoms with Gasteiger partial charge in [-0.2, -0.15) is 11.8 Å². The highest BCUT2D eigenvalue weighted by Gasteiger charge is 2.23. The van der Waals surface area contributed by atoms with Crippen LogP contribution in [0.3, 0.4) is 0 Å². The Morgan fingerprint density at radius 1 is 1.38 bits per heavy atom. The lowest BCUT2D eigenvalue weighted by molar-refractivity contribution is 0.276. The van der Waals surface area contributed by atoms with Crippen molar-refractivity contribution in [2.24, 2.45) is 0 Å². The first-order valence-electron chi connectivity index (χ1n) is 7.25. The molecule has 0 unspecified atom stereocenters. The predicted molar refractivity (Wildman–Crippen MR) is 86.8 cm³/mol. The molecule has 1 aliphatic rings. The van der Waals surface area contributed by atoms with E-state index >= 15 is 0 Å². The summed E-state index contributed by atoms with van der Waals surface area (Å²) in [6, 6.07) is 5.08. The van der Waals surface area contributed by atoms with E-state index in [2.05, 4.69) is 30.6 Å². The summed E-state index contributed by atoms with van der Waals surface area (Å²) in [6.07, 6.45) is 1.16. The fourth-order valence-corrected chi connectivity index (χ4v) is 3.52. The second-order valence-electron chi connectivity index (χ2n) is 5.91. The minimum absolute atomic E-state index is 0.248. The number of rotatable bonds is 2. The average molecular weight is 307 g/mol. The van der Waals surface area contributed by atoms with Crippen LogP contribution in [-0.2, 0) is 6.54 Å². The van der Waals surface area contributed by atoms with Crippen molar-refractivity contribution in [2.45, 2.75) is 31.6 Å². The van der Waals surface area contributed by atoms with E-state index in [0.29, 0.717) is 10.3 Å². The molecule has 1 heterocycles. The second kappa shape index (κ2) is 7.31. The first-order valence-corrected chi connectivity index (χ1v) is 8.23. The van der Waals surface area contributed by atoms with Crippen molar-refractivity contribution in [2.75, 3.05) is 25.4 Å². The Morgan fingerprint density at radius 3 is 2.95 bits per heavy atom. The van der Waals surface area contributed by atoms with Gasteiger partial charge in [0.25, 0.3) is 0 Å². The van der Waals surface area contributed by atoms with Crippen LogP contribution >= 0.6 is 11.8 Å². The van der Waals surface area contributed by atoms with Crippen molar-refractivity contribution in [3.8, 4) is 11.8 Å². The average Bonchev–Trinajstić information content (AvgIpc) is 2.61. The third-order valence-electron chi connectivity index (χ3n) is 3.67. The predicted octanol–water partition coefficient (Wildman–Crippen LogP) is 2.89. The molecule has 114 valence electrons. The molecular formula is C17H22FNOS. The Kier molecular flexibility index (Phi) is 5.69. The number of thioether (sulfide) groups is 1. The van der Waals surface area contributed by atoms with E-state index in [4.69, 9.17) is 5.11 Å². The molecule has 1 aromatic carbocycles. The van der Waals surface area contributed by atoms with Gasteiger partial charge in [-0.3, -0.25) is 4.90 Å². The number of nitrogens with zero attached hydrogens (tertiary/aromatic N) is 1. The van der Waals surface area contributed by atoms with Crippen molar-refractivity contribution in [1.29, 1.82) is 0 Å². The van der Waals surface area contributed by atoms with Gasteiger partial charge in [0.2, 0.25) is 0 Å². The Labute approximate surface area is 130 Å². The summed E-state index contributed by atoms with van der Waals surface area (Å²) in [6.45, 7) is 7.29. The van der Waals surface area contributed by atoms with Gasteiger partial charge in [0.15, 0.2) is 0 Å². The van der Waals surface area contributed by atoms with Crippen LogP contribution in [0.2, 0.25) is 0 Å². The highest BCUT2D eigenvalue weighted by Crippen LogP contribution is 2.31. The minimum atomic E-state index is -0.327. The summed E-state index contributed by atoms with van der Waals surface area (Å²) in [4.78, 5) is 2.41. The van der Waals surface area contributed by atoms with E-state index in [9.17, 15) is 4.39 Å². The van der Waals surface area contributed by atoms with Gasteiger partial charge < -0.3 is 5.11 Å². The van der Waals surface area contributed by atoms with Crippen molar-refractivity contribution in [3.63, 3.8) is 0 Å². The van der Waals surface area contributed by atoms with Crippen LogP contribution in [0.25, 0.3) is 0 Å². The van der Waals surface area contributed by atoms with Crippen LogP contribution in [0.5, 0.6) is 0 Å². The minimum Gasteiger partial charge on any atom is -0.384 e. The van der Waals surface area contributed by atoms with Crippen LogP contribution in [0.15, 0.2) is 18.2 Å². The fourth-order valence-electron chi connectivity index (χ4n) is 2.38. The molecule has 1 N–H and O–H groups in total. The fraction of sp³-hybridized carbons (Fsp3) is 0.529. The smallest absolute Gasteiger partial charge is 0.138 e. The molecular weight excluding hydrogens is 285 g/mol. The van der Waals surface area contributed by atoms with Gasteiger partial charge in [0.1, 0.15) is 12.4 Å². The summed E-state index contributed by atoms with van der Waals surface area (Å²) in [7, 11) is 0. The largest absolute Gasteiger partial charge is 0.384 e. The molecule has 1 fully saturated rings. The number of benzene rings is 1. The zero-order chi connectivity index (χ0) is 15.3. The standard InChI is InChI=1S/C17H22FNOS/c1-17(2)7-8-19(9-11-21-17)13-14-5-6-16(18)15(12-14)4-3-10-20/h5-6,12,20H,7-11,13H2,1-2H3. The third kappa shape index (κ3) is 5.03. The molecule has 21 heavy (non-hydrogen) atoms. The molecule has 0 amide bonds. The van der Waals surface area contributed by atoms with Crippen LogP contribution in [0.4, 0.5) is 4.39 Å². The zero-order valence-electron chi connectivity index (χ0n) is 12.7. The highest BCUT2D eigenvalue weighted by molar-refractivity contribution is 8.00. The second-order valence-corrected chi connectivity index (χ2v) is 7.71. The summed E-state index contributed by atoms with van der Waals surface area (Å²) in [5, 5.41) is 8.72. The highest BCUT2D eigenvalue weighted by atomic mass is 32.2. The SMILES string of the molecule is CC1(C)CCN(Cc2ccc(F)c(C#CCO)c2)CCS1. The molecule has 1 aromatic rings. The van der Waals surface area contributed by atoms with E-state index in [1.165, 1.54) is 6.07 Å². The van der Waals surface area contributed by atoms with Crippen molar-refractivity contribution in [1.82, 2.24) is 4.90 Å². The van der Waals surface area contributed by atoms with Crippen molar-refractivity contribution >= 4 is 11.8 Å². The molecule has 0 aliphatic carbocycles. The molecule has 1 aliphatic heterocycles. The summed E-state index contributed by atoms with van der Waals surface area (Å²) >= 11 is 2.02. The monoisotopic (exact) mass is 307 g/mol. The summed E-state index contributed by atoms with van der Waals surface area (Å²) in [5.74, 6) is 5.98. The molecule has 4 heteroatoms. The normalized spacial score (nSPS) is 18.7. The number of halogens is 1. The summed E-state index contributed by atoms with van der Waals surface area (Å²) < 4.78 is 14.0. The molecule has 0 radical (unpaired) electrons. The van der Waals surface area contributed by atoms with Gasteiger partial charge in [0.05, 0.1) is 5.56 Å². The lowest BCUT2D eigenvalue weighted by Crippen LogP contribution is -2.26. The molecule has 0 atom stereocenters. The van der Waals surface area contributed by atoms with Crippen LogP contribution < -0.4 is 0 Å². The molecule has 0 aromatic heterocycles. The maximum absolute atomic E-state index is 13.6. The molecule has 0 saturated carbocycles. The topological polar surface area (TPSA) is 23.5 Å². The van der Waals surface area contributed by atoms with Crippen molar-refractivity contribution < 1.29 is 9.50 Å². The number of aliphatic hydroxyl groups is 1. The number of hydrogen-bond donors (Lipinski definition) is 1. The van der Waals surface area contributed by atoms with Crippen molar-refractivity contribution in [3.05, 3.63) is 35.1 Å². The molecule has 2 rings (SSSR count). The van der Waals surface area contributed by atoms with E-state index in [0.717, 1.165) is 37.4 Å². The first kappa shape index (κ1) is 16.4. The third-order valence-corrected chi connectivity index (χ3v) is 5.04. The first-order chi connectivity index (χ1) is 10.00. The maximum atomic E-state index is 13.6. The van der Waals surface area contributed by atoms with E-state index in [1.807, 2.05) is 17.8 Å². The van der Waals surface area contributed by atoms with Gasteiger partial charge in [-0.1, -0.05) is 31.8 Å². The van der Waals surface area contributed by atoms with Crippen LogP contribution in [0.1, 0.15) is 31.4 Å². The van der Waals surface area contributed by atoms with Gasteiger partial charge >= 0.3 is 0 Å². The van der Waals surface area contributed by atoms with E-state index in [-0.39, 0.29) is 12.4 Å². The van der Waals surface area contributed by atoms with E-state index in [1.54, 1.807) is 6.07 Å². The van der Waals surface area contributed by atoms with Gasteiger partial charge in [-0.25, -0.2) is 4.39 Å². The Hall–Kier alpha value is -1.02. The number of aliphatic hydroxyl groups excluding tert-OH is 1. The van der Waals surface area contributed by atoms with Gasteiger partial charge in [-0.15, -0.1) is 0 Å². The Morgan fingerprint density at radius 2 is 2.19 bits per heavy atom. The quantitative estimate of drug-likeness (QED) is 0.850.